The number of hydrogen-bond donors (Lipinski definition) is 1. The fourth-order valence-corrected chi connectivity index (χ4v) is 1.01. The molecule has 1 N–H and O–H groups in total. The predicted molar refractivity (Wildman–Crippen MR) is 42.2 cm³/mol. The van der Waals surface area contributed by atoms with Crippen LogP contribution in [0.25, 0.3) is 0 Å². The summed E-state index contributed by atoms with van der Waals surface area (Å²) in [7, 11) is 0. The third-order valence-electron chi connectivity index (χ3n) is 1.69. The average Bonchev–Trinajstić information content (AvgIpc) is 2.15. The van der Waals surface area contributed by atoms with Gasteiger partial charge in [0.2, 0.25) is 0 Å². The van der Waals surface area contributed by atoms with Gasteiger partial charge in [0.15, 0.2) is 6.10 Å². The highest BCUT2D eigenvalue weighted by molar-refractivity contribution is 5.39. The molecule has 0 bridgehead atoms. The van der Waals surface area contributed by atoms with Gasteiger partial charge in [0.25, 0.3) is 0 Å². The van der Waals surface area contributed by atoms with Crippen molar-refractivity contribution in [3.8, 4) is 6.07 Å². The van der Waals surface area contributed by atoms with Crippen LogP contribution in [0, 0.1) is 11.3 Å². The van der Waals surface area contributed by atoms with E-state index in [1.165, 1.54) is 18.2 Å². The molecule has 0 aliphatic rings. The molecule has 0 spiro atoms. The van der Waals surface area contributed by atoms with E-state index in [2.05, 4.69) is 0 Å². The van der Waals surface area contributed by atoms with Gasteiger partial charge in [-0.15, -0.1) is 0 Å². The van der Waals surface area contributed by atoms with Gasteiger partial charge in [-0.1, -0.05) is 18.2 Å². The van der Waals surface area contributed by atoms with Gasteiger partial charge < -0.3 is 5.11 Å². The van der Waals surface area contributed by atoms with Crippen molar-refractivity contribution in [1.82, 2.24) is 0 Å². The number of aliphatic hydroxyl groups excluding tert-OH is 1. The largest absolute Gasteiger partial charge is 0.418 e. The van der Waals surface area contributed by atoms with Crippen LogP contribution in [-0.2, 0) is 0 Å². The molecule has 0 radical (unpaired) electrons. The van der Waals surface area contributed by atoms with Crippen molar-refractivity contribution in [3.63, 3.8) is 0 Å². The molecule has 1 rings (SSSR count). The Labute approximate surface area is 78.2 Å². The molecule has 0 aromatic heterocycles. The zero-order valence-corrected chi connectivity index (χ0v) is 6.92. The highest BCUT2D eigenvalue weighted by Crippen LogP contribution is 2.33. The molecule has 5 heteroatoms. The van der Waals surface area contributed by atoms with Crippen molar-refractivity contribution in [2.75, 3.05) is 0 Å². The molecule has 0 fully saturated rings. The Kier molecular flexibility index (Phi) is 2.77. The molecule has 1 aromatic rings. The summed E-state index contributed by atoms with van der Waals surface area (Å²) in [6.07, 6.45) is -7.34. The van der Waals surface area contributed by atoms with Crippen molar-refractivity contribution in [1.29, 1.82) is 5.26 Å². The van der Waals surface area contributed by atoms with Gasteiger partial charge in [-0.25, -0.2) is 0 Å². The second kappa shape index (κ2) is 3.68. The van der Waals surface area contributed by atoms with Crippen LogP contribution < -0.4 is 0 Å². The summed E-state index contributed by atoms with van der Waals surface area (Å²) in [5.74, 6) is 0. The minimum absolute atomic E-state index is 0.169. The quantitative estimate of drug-likeness (QED) is 0.756. The monoisotopic (exact) mass is 201 g/mol. The molecule has 14 heavy (non-hydrogen) atoms. The van der Waals surface area contributed by atoms with E-state index in [9.17, 15) is 13.2 Å². The first kappa shape index (κ1) is 10.5. The molecular weight excluding hydrogens is 195 g/mol. The van der Waals surface area contributed by atoms with E-state index in [1.54, 1.807) is 6.07 Å². The molecule has 2 nitrogen and oxygen atoms in total. The molecule has 0 amide bonds. The number of hydrogen-bond acceptors (Lipinski definition) is 2. The van der Waals surface area contributed by atoms with Crippen LogP contribution in [-0.4, -0.2) is 11.3 Å². The summed E-state index contributed by atoms with van der Waals surface area (Å²) in [6, 6.07) is 6.67. The Morgan fingerprint density at radius 1 is 1.29 bits per heavy atom. The van der Waals surface area contributed by atoms with Crippen molar-refractivity contribution < 1.29 is 18.3 Å². The van der Waals surface area contributed by atoms with Gasteiger partial charge in [0.05, 0.1) is 11.6 Å². The Morgan fingerprint density at radius 2 is 1.86 bits per heavy atom. The van der Waals surface area contributed by atoms with Gasteiger partial charge in [0, 0.05) is 5.56 Å². The van der Waals surface area contributed by atoms with Crippen LogP contribution >= 0.6 is 0 Å². The van der Waals surface area contributed by atoms with Crippen LogP contribution in [0.3, 0.4) is 0 Å². The lowest BCUT2D eigenvalue weighted by molar-refractivity contribution is -0.206. The van der Waals surface area contributed by atoms with Crippen LogP contribution in [0.2, 0.25) is 0 Å². The van der Waals surface area contributed by atoms with Gasteiger partial charge in [0.1, 0.15) is 0 Å². The number of nitrogens with zero attached hydrogens (tertiary/aromatic N) is 1. The summed E-state index contributed by atoms with van der Waals surface area (Å²) < 4.78 is 36.3. The van der Waals surface area contributed by atoms with Gasteiger partial charge in [-0.3, -0.25) is 0 Å². The molecule has 0 unspecified atom stereocenters. The van der Waals surface area contributed by atoms with E-state index in [4.69, 9.17) is 10.4 Å². The summed E-state index contributed by atoms with van der Waals surface area (Å²) in [4.78, 5) is 0. The van der Waals surface area contributed by atoms with Gasteiger partial charge in [-0.05, 0) is 6.07 Å². The maximum atomic E-state index is 12.1. The molecule has 0 aliphatic carbocycles. The highest BCUT2D eigenvalue weighted by Gasteiger charge is 2.40. The average molecular weight is 201 g/mol. The molecule has 1 aromatic carbocycles. The molecular formula is C9H6F3NO. The van der Waals surface area contributed by atoms with E-state index in [0.717, 1.165) is 6.07 Å². The van der Waals surface area contributed by atoms with E-state index in [-0.39, 0.29) is 5.56 Å². The lowest BCUT2D eigenvalue weighted by atomic mass is 10.0. The van der Waals surface area contributed by atoms with Crippen LogP contribution in [0.1, 0.15) is 17.2 Å². The number of halogens is 3. The smallest absolute Gasteiger partial charge is 0.379 e. The van der Waals surface area contributed by atoms with Crippen molar-refractivity contribution in [3.05, 3.63) is 35.4 Å². The first-order chi connectivity index (χ1) is 6.46. The first-order valence-electron chi connectivity index (χ1n) is 3.70. The lowest BCUT2D eigenvalue weighted by Crippen LogP contribution is -2.21. The zero-order chi connectivity index (χ0) is 10.8. The van der Waals surface area contributed by atoms with E-state index in [0.29, 0.717) is 0 Å². The van der Waals surface area contributed by atoms with Gasteiger partial charge in [-0.2, -0.15) is 18.4 Å². The minimum atomic E-state index is -4.74. The van der Waals surface area contributed by atoms with Gasteiger partial charge >= 0.3 is 6.18 Å². The third kappa shape index (κ3) is 2.03. The van der Waals surface area contributed by atoms with Crippen LogP contribution in [0.15, 0.2) is 24.3 Å². The Morgan fingerprint density at radius 3 is 2.36 bits per heavy atom. The third-order valence-corrected chi connectivity index (χ3v) is 1.69. The van der Waals surface area contributed by atoms with E-state index < -0.39 is 17.8 Å². The molecule has 0 saturated carbocycles. The number of aliphatic hydroxyl groups is 1. The molecule has 74 valence electrons. The summed E-state index contributed by atoms with van der Waals surface area (Å²) >= 11 is 0. The van der Waals surface area contributed by atoms with E-state index in [1.807, 2.05) is 0 Å². The van der Waals surface area contributed by atoms with Crippen LogP contribution in [0.4, 0.5) is 13.2 Å². The maximum Gasteiger partial charge on any atom is 0.418 e. The second-order valence-corrected chi connectivity index (χ2v) is 2.64. The Bertz CT molecular complexity index is 367. The maximum absolute atomic E-state index is 12.1. The fraction of sp³-hybridized carbons (Fsp3) is 0.222. The summed E-state index contributed by atoms with van der Waals surface area (Å²) in [6.45, 7) is 0. The Hall–Kier alpha value is -1.54. The highest BCUT2D eigenvalue weighted by atomic mass is 19.4. The minimum Gasteiger partial charge on any atom is -0.379 e. The number of nitriles is 1. The molecule has 0 saturated heterocycles. The number of alkyl halides is 3. The standard InChI is InChI=1S/C9H6F3NO/c10-9(11,12)8(14)7-4-2-1-3-6(7)5-13/h1-4,8,14H/t8-/m0/s1. The molecule has 0 heterocycles. The number of benzene rings is 1. The lowest BCUT2D eigenvalue weighted by Gasteiger charge is -2.15. The topological polar surface area (TPSA) is 44.0 Å². The summed E-state index contributed by atoms with van der Waals surface area (Å²) in [5.41, 5.74) is -0.583. The predicted octanol–water partition coefficient (Wildman–Crippen LogP) is 2.15. The van der Waals surface area contributed by atoms with Crippen molar-refractivity contribution >= 4 is 0 Å². The zero-order valence-electron chi connectivity index (χ0n) is 6.92. The Balaban J connectivity index is 3.14. The summed E-state index contributed by atoms with van der Waals surface area (Å²) in [5, 5.41) is 17.4. The van der Waals surface area contributed by atoms with E-state index >= 15 is 0 Å². The molecule has 1 atom stereocenters. The number of rotatable bonds is 1. The van der Waals surface area contributed by atoms with Crippen molar-refractivity contribution in [2.24, 2.45) is 0 Å². The first-order valence-corrected chi connectivity index (χ1v) is 3.70. The van der Waals surface area contributed by atoms with Crippen molar-refractivity contribution in [2.45, 2.75) is 12.3 Å². The van der Waals surface area contributed by atoms with Crippen LogP contribution in [0.5, 0.6) is 0 Å². The SMILES string of the molecule is N#Cc1ccccc1[C@H](O)C(F)(F)F. The fourth-order valence-electron chi connectivity index (χ4n) is 1.01. The second-order valence-electron chi connectivity index (χ2n) is 2.64. The molecule has 0 aliphatic heterocycles. The normalized spacial score (nSPS) is 13.4.